The molecule has 0 saturated heterocycles. The maximum atomic E-state index is 11.4. The van der Waals surface area contributed by atoms with Crippen molar-refractivity contribution in [2.75, 3.05) is 24.3 Å². The van der Waals surface area contributed by atoms with Crippen LogP contribution < -0.4 is 16.2 Å². The first kappa shape index (κ1) is 16.7. The van der Waals surface area contributed by atoms with Crippen molar-refractivity contribution in [1.82, 2.24) is 0 Å². The summed E-state index contributed by atoms with van der Waals surface area (Å²) in [7, 11) is -3.74. The number of nitrogens with two attached hydrogens (primary N) is 2. The van der Waals surface area contributed by atoms with Crippen molar-refractivity contribution in [3.8, 4) is 0 Å². The Morgan fingerprint density at radius 2 is 2.00 bits per heavy atom. The predicted molar refractivity (Wildman–Crippen MR) is 81.0 cm³/mol. The van der Waals surface area contributed by atoms with Crippen LogP contribution in [0.4, 0.5) is 11.4 Å². The van der Waals surface area contributed by atoms with Crippen LogP contribution in [0.1, 0.15) is 20.8 Å². The first-order valence-electron chi connectivity index (χ1n) is 6.52. The average Bonchev–Trinajstić information content (AvgIpc) is 2.34. The molecular weight excluding hydrogens is 278 g/mol. The molecule has 6 nitrogen and oxygen atoms in total. The fourth-order valence-electron chi connectivity index (χ4n) is 1.68. The van der Waals surface area contributed by atoms with Gasteiger partial charge in [-0.2, -0.15) is 0 Å². The predicted octanol–water partition coefficient (Wildman–Crippen LogP) is 1.39. The monoisotopic (exact) mass is 301 g/mol. The number of sulfonamides is 1. The molecule has 0 spiro atoms. The summed E-state index contributed by atoms with van der Waals surface area (Å²) in [6.45, 7) is 7.17. The number of ether oxygens (including phenoxy) is 1. The lowest BCUT2D eigenvalue weighted by atomic mass is 10.0. The van der Waals surface area contributed by atoms with E-state index in [1.807, 2.05) is 6.92 Å². The van der Waals surface area contributed by atoms with E-state index < -0.39 is 10.0 Å². The van der Waals surface area contributed by atoms with Crippen molar-refractivity contribution >= 4 is 21.4 Å². The van der Waals surface area contributed by atoms with Gasteiger partial charge in [0.05, 0.1) is 28.9 Å². The Morgan fingerprint density at radius 1 is 1.35 bits per heavy atom. The van der Waals surface area contributed by atoms with E-state index in [-0.39, 0.29) is 10.9 Å². The number of anilines is 2. The molecule has 0 aromatic heterocycles. The van der Waals surface area contributed by atoms with Gasteiger partial charge in [0.1, 0.15) is 0 Å². The second-order valence-corrected chi connectivity index (χ2v) is 6.51. The number of hydrogen-bond donors (Lipinski definition) is 3. The molecule has 114 valence electrons. The lowest BCUT2D eigenvalue weighted by Gasteiger charge is -2.24. The van der Waals surface area contributed by atoms with Gasteiger partial charge in [-0.3, -0.25) is 0 Å². The number of hydrogen-bond acceptors (Lipinski definition) is 5. The zero-order valence-corrected chi connectivity index (χ0v) is 12.9. The molecule has 20 heavy (non-hydrogen) atoms. The highest BCUT2D eigenvalue weighted by atomic mass is 32.2. The third-order valence-electron chi connectivity index (χ3n) is 3.00. The van der Waals surface area contributed by atoms with Crippen LogP contribution in [0.2, 0.25) is 0 Å². The zero-order chi connectivity index (χ0) is 15.3. The van der Waals surface area contributed by atoms with Gasteiger partial charge in [-0.1, -0.05) is 13.8 Å². The summed E-state index contributed by atoms with van der Waals surface area (Å²) in [5.74, 6) is 0.305. The number of nitrogens with one attached hydrogen (secondary N) is 1. The Kier molecular flexibility index (Phi) is 5.79. The molecule has 7 heteroatoms. The molecule has 1 aromatic carbocycles. The van der Waals surface area contributed by atoms with Gasteiger partial charge in [0.15, 0.2) is 0 Å². The Labute approximate surface area is 120 Å². The molecule has 0 bridgehead atoms. The minimum atomic E-state index is -3.74. The van der Waals surface area contributed by atoms with Gasteiger partial charge in [-0.05, 0) is 31.0 Å². The molecule has 0 heterocycles. The second kappa shape index (κ2) is 6.92. The van der Waals surface area contributed by atoms with E-state index in [1.54, 1.807) is 0 Å². The summed E-state index contributed by atoms with van der Waals surface area (Å²) in [5, 5.41) is 8.35. The van der Waals surface area contributed by atoms with Crippen LogP contribution in [-0.4, -0.2) is 27.7 Å². The standard InChI is InChI=1S/C13H23N3O3S/c1-4-19-8-13(9(2)3)16-12-7-10(20(15,17)18)5-6-11(12)14/h5-7,9,13,16H,4,8,14H2,1-3H3,(H2,15,17,18). The molecule has 0 aliphatic heterocycles. The summed E-state index contributed by atoms with van der Waals surface area (Å²) >= 11 is 0. The van der Waals surface area contributed by atoms with E-state index >= 15 is 0 Å². The number of primary sulfonamides is 1. The van der Waals surface area contributed by atoms with E-state index in [4.69, 9.17) is 15.6 Å². The van der Waals surface area contributed by atoms with Crippen LogP contribution in [0.3, 0.4) is 0 Å². The fraction of sp³-hybridized carbons (Fsp3) is 0.538. The summed E-state index contributed by atoms with van der Waals surface area (Å²) in [6, 6.07) is 4.41. The summed E-state index contributed by atoms with van der Waals surface area (Å²) in [4.78, 5) is 0.0353. The van der Waals surface area contributed by atoms with Crippen LogP contribution in [0.25, 0.3) is 0 Å². The van der Waals surface area contributed by atoms with Crippen molar-refractivity contribution in [3.05, 3.63) is 18.2 Å². The van der Waals surface area contributed by atoms with E-state index in [1.165, 1.54) is 18.2 Å². The minimum Gasteiger partial charge on any atom is -0.397 e. The molecule has 0 aliphatic rings. The van der Waals surface area contributed by atoms with Crippen LogP contribution in [0.15, 0.2) is 23.1 Å². The van der Waals surface area contributed by atoms with Gasteiger partial charge in [0, 0.05) is 6.61 Å². The molecule has 1 aromatic rings. The molecule has 0 fully saturated rings. The van der Waals surface area contributed by atoms with Gasteiger partial charge >= 0.3 is 0 Å². The van der Waals surface area contributed by atoms with Crippen LogP contribution in [0.5, 0.6) is 0 Å². The van der Waals surface area contributed by atoms with Crippen LogP contribution in [0, 0.1) is 5.92 Å². The van der Waals surface area contributed by atoms with Crippen LogP contribution in [-0.2, 0) is 14.8 Å². The zero-order valence-electron chi connectivity index (χ0n) is 12.1. The Hall–Kier alpha value is -1.31. The number of benzene rings is 1. The van der Waals surface area contributed by atoms with Crippen molar-refractivity contribution in [3.63, 3.8) is 0 Å². The largest absolute Gasteiger partial charge is 0.397 e. The maximum absolute atomic E-state index is 11.4. The van der Waals surface area contributed by atoms with Crippen LogP contribution >= 0.6 is 0 Å². The topological polar surface area (TPSA) is 107 Å². The highest BCUT2D eigenvalue weighted by Crippen LogP contribution is 2.24. The summed E-state index contributed by atoms with van der Waals surface area (Å²) in [5.41, 5.74) is 6.89. The molecule has 0 radical (unpaired) electrons. The normalized spacial score (nSPS) is 13.4. The summed E-state index contributed by atoms with van der Waals surface area (Å²) in [6.07, 6.45) is 0. The van der Waals surface area contributed by atoms with E-state index in [0.29, 0.717) is 30.5 Å². The molecule has 5 N–H and O–H groups in total. The lowest BCUT2D eigenvalue weighted by Crippen LogP contribution is -2.31. The van der Waals surface area contributed by atoms with Crippen molar-refractivity contribution in [2.24, 2.45) is 11.1 Å². The average molecular weight is 301 g/mol. The Balaban J connectivity index is 3.00. The molecule has 0 amide bonds. The van der Waals surface area contributed by atoms with E-state index in [9.17, 15) is 8.42 Å². The lowest BCUT2D eigenvalue weighted by molar-refractivity contribution is 0.127. The minimum absolute atomic E-state index is 0.0352. The molecule has 1 atom stereocenters. The van der Waals surface area contributed by atoms with Crippen molar-refractivity contribution in [2.45, 2.75) is 31.7 Å². The van der Waals surface area contributed by atoms with Crippen molar-refractivity contribution in [1.29, 1.82) is 0 Å². The van der Waals surface area contributed by atoms with Gasteiger partial charge in [0.2, 0.25) is 10.0 Å². The van der Waals surface area contributed by atoms with Gasteiger partial charge in [-0.25, -0.2) is 13.6 Å². The SMILES string of the molecule is CCOCC(Nc1cc(S(N)(=O)=O)ccc1N)C(C)C. The number of rotatable bonds is 7. The van der Waals surface area contributed by atoms with E-state index in [2.05, 4.69) is 19.2 Å². The highest BCUT2D eigenvalue weighted by Gasteiger charge is 2.16. The highest BCUT2D eigenvalue weighted by molar-refractivity contribution is 7.89. The molecule has 0 aliphatic carbocycles. The first-order valence-corrected chi connectivity index (χ1v) is 8.07. The van der Waals surface area contributed by atoms with Gasteiger partial charge in [-0.15, -0.1) is 0 Å². The third kappa shape index (κ3) is 4.66. The third-order valence-corrected chi connectivity index (χ3v) is 3.91. The molecule has 1 unspecified atom stereocenters. The Morgan fingerprint density at radius 3 is 2.50 bits per heavy atom. The van der Waals surface area contributed by atoms with E-state index in [0.717, 1.165) is 0 Å². The fourth-order valence-corrected chi connectivity index (χ4v) is 2.22. The smallest absolute Gasteiger partial charge is 0.238 e. The number of nitrogen functional groups attached to an aromatic ring is 1. The molecule has 1 rings (SSSR count). The maximum Gasteiger partial charge on any atom is 0.238 e. The quantitative estimate of drug-likeness (QED) is 0.660. The summed E-state index contributed by atoms with van der Waals surface area (Å²) < 4.78 is 28.2. The second-order valence-electron chi connectivity index (χ2n) is 4.95. The molecule has 0 saturated carbocycles. The Bertz CT molecular complexity index is 544. The first-order chi connectivity index (χ1) is 9.25. The van der Waals surface area contributed by atoms with Gasteiger partial charge < -0.3 is 15.8 Å². The van der Waals surface area contributed by atoms with Crippen molar-refractivity contribution < 1.29 is 13.2 Å². The van der Waals surface area contributed by atoms with Gasteiger partial charge in [0.25, 0.3) is 0 Å². The molecular formula is C13H23N3O3S.